The van der Waals surface area contributed by atoms with Gasteiger partial charge >= 0.3 is 0 Å². The highest BCUT2D eigenvalue weighted by atomic mass is 16.5. The number of para-hydroxylation sites is 1. The van der Waals surface area contributed by atoms with Crippen LogP contribution in [0.3, 0.4) is 0 Å². The number of amides is 1. The van der Waals surface area contributed by atoms with Crippen LogP contribution in [0.2, 0.25) is 0 Å². The van der Waals surface area contributed by atoms with Crippen molar-refractivity contribution in [3.63, 3.8) is 0 Å². The van der Waals surface area contributed by atoms with Crippen molar-refractivity contribution < 1.29 is 9.53 Å². The highest BCUT2D eigenvalue weighted by Crippen LogP contribution is 2.23. The molecular formula is C25H24N4O2. The molecule has 5 rings (SSSR count). The molecule has 0 bridgehead atoms. The summed E-state index contributed by atoms with van der Waals surface area (Å²) in [5, 5.41) is 0. The first-order valence-corrected chi connectivity index (χ1v) is 10.5. The van der Waals surface area contributed by atoms with Crippen LogP contribution in [0, 0.1) is 0 Å². The topological polar surface area (TPSA) is 50.1 Å². The Balaban J connectivity index is 1.19. The number of ether oxygens (including phenoxy) is 1. The van der Waals surface area contributed by atoms with Gasteiger partial charge in [0.25, 0.3) is 5.91 Å². The highest BCUT2D eigenvalue weighted by Gasteiger charge is 2.23. The van der Waals surface area contributed by atoms with Crippen molar-refractivity contribution in [2.24, 2.45) is 0 Å². The predicted molar refractivity (Wildman–Crippen MR) is 119 cm³/mol. The molecule has 0 unspecified atom stereocenters. The Morgan fingerprint density at radius 3 is 2.45 bits per heavy atom. The average Bonchev–Trinajstić information content (AvgIpc) is 3.22. The second-order valence-electron chi connectivity index (χ2n) is 7.71. The number of fused-ring (bicyclic) bond motifs is 1. The van der Waals surface area contributed by atoms with Gasteiger partial charge in [-0.15, -0.1) is 0 Å². The van der Waals surface area contributed by atoms with E-state index in [9.17, 15) is 4.79 Å². The van der Waals surface area contributed by atoms with Crippen LogP contribution in [0.25, 0.3) is 5.65 Å². The summed E-state index contributed by atoms with van der Waals surface area (Å²) in [6, 6.07) is 23.0. The van der Waals surface area contributed by atoms with E-state index in [1.165, 1.54) is 0 Å². The molecule has 156 valence electrons. The molecule has 1 amide bonds. The third kappa shape index (κ3) is 4.44. The van der Waals surface area contributed by atoms with Gasteiger partial charge < -0.3 is 14.0 Å². The van der Waals surface area contributed by atoms with Crippen molar-refractivity contribution in [1.29, 1.82) is 0 Å². The van der Waals surface area contributed by atoms with Gasteiger partial charge in [0.15, 0.2) is 0 Å². The summed E-state index contributed by atoms with van der Waals surface area (Å²) in [5.74, 6) is 1.47. The maximum absolute atomic E-state index is 13.0. The maximum Gasteiger partial charge on any atom is 0.254 e. The lowest BCUT2D eigenvalue weighted by Crippen LogP contribution is -2.48. The van der Waals surface area contributed by atoms with E-state index in [2.05, 4.69) is 16.1 Å². The van der Waals surface area contributed by atoms with Gasteiger partial charge in [-0.3, -0.25) is 9.69 Å². The summed E-state index contributed by atoms with van der Waals surface area (Å²) in [7, 11) is 0. The molecule has 0 saturated carbocycles. The predicted octanol–water partition coefficient (Wildman–Crippen LogP) is 4.08. The fourth-order valence-electron chi connectivity index (χ4n) is 3.90. The lowest BCUT2D eigenvalue weighted by atomic mass is 10.1. The quantitative estimate of drug-likeness (QED) is 0.496. The number of benzene rings is 2. The molecule has 1 saturated heterocycles. The first-order valence-electron chi connectivity index (χ1n) is 10.5. The summed E-state index contributed by atoms with van der Waals surface area (Å²) in [5.41, 5.74) is 2.67. The number of carbonyl (C=O) groups excluding carboxylic acids is 1. The second-order valence-corrected chi connectivity index (χ2v) is 7.71. The summed E-state index contributed by atoms with van der Waals surface area (Å²) in [6.07, 6.45) is 4.09. The number of aromatic nitrogens is 2. The number of hydrogen-bond donors (Lipinski definition) is 0. The van der Waals surface area contributed by atoms with Gasteiger partial charge in [0.05, 0.1) is 5.69 Å². The lowest BCUT2D eigenvalue weighted by molar-refractivity contribution is 0.0627. The molecule has 6 heteroatoms. The van der Waals surface area contributed by atoms with Gasteiger partial charge in [-0.05, 0) is 42.5 Å². The van der Waals surface area contributed by atoms with Gasteiger partial charge in [-0.1, -0.05) is 30.3 Å². The monoisotopic (exact) mass is 412 g/mol. The molecule has 2 aromatic heterocycles. The van der Waals surface area contributed by atoms with Crippen molar-refractivity contribution in [2.75, 3.05) is 26.2 Å². The van der Waals surface area contributed by atoms with Crippen LogP contribution in [-0.2, 0) is 6.54 Å². The Hall–Kier alpha value is -3.64. The Labute approximate surface area is 181 Å². The molecule has 0 radical (unpaired) electrons. The van der Waals surface area contributed by atoms with Crippen LogP contribution in [0.4, 0.5) is 0 Å². The van der Waals surface area contributed by atoms with Gasteiger partial charge in [0, 0.05) is 50.7 Å². The molecule has 0 atom stereocenters. The molecule has 3 heterocycles. The molecular weight excluding hydrogens is 388 g/mol. The molecule has 6 nitrogen and oxygen atoms in total. The van der Waals surface area contributed by atoms with Crippen LogP contribution >= 0.6 is 0 Å². The van der Waals surface area contributed by atoms with Crippen LogP contribution in [0.1, 0.15) is 16.1 Å². The summed E-state index contributed by atoms with van der Waals surface area (Å²) in [6.45, 7) is 3.87. The van der Waals surface area contributed by atoms with Crippen LogP contribution < -0.4 is 4.74 Å². The fraction of sp³-hybridized carbons (Fsp3) is 0.200. The fourth-order valence-corrected chi connectivity index (χ4v) is 3.90. The van der Waals surface area contributed by atoms with Crippen molar-refractivity contribution in [3.8, 4) is 11.5 Å². The van der Waals surface area contributed by atoms with Gasteiger partial charge in [-0.25, -0.2) is 4.98 Å². The van der Waals surface area contributed by atoms with E-state index >= 15 is 0 Å². The number of imidazole rings is 1. The Kier molecular flexibility index (Phi) is 5.37. The largest absolute Gasteiger partial charge is 0.457 e. The molecule has 31 heavy (non-hydrogen) atoms. The third-order valence-electron chi connectivity index (χ3n) is 5.52. The van der Waals surface area contributed by atoms with E-state index in [1.54, 1.807) is 0 Å². The second kappa shape index (κ2) is 8.62. The zero-order valence-electron chi connectivity index (χ0n) is 17.2. The third-order valence-corrected chi connectivity index (χ3v) is 5.52. The van der Waals surface area contributed by atoms with E-state index in [-0.39, 0.29) is 5.91 Å². The highest BCUT2D eigenvalue weighted by molar-refractivity contribution is 5.94. The van der Waals surface area contributed by atoms with E-state index in [0.717, 1.165) is 36.7 Å². The summed E-state index contributed by atoms with van der Waals surface area (Å²) >= 11 is 0. The minimum atomic E-state index is 0.0471. The van der Waals surface area contributed by atoms with Gasteiger partial charge in [0.2, 0.25) is 0 Å². The summed E-state index contributed by atoms with van der Waals surface area (Å²) < 4.78 is 7.92. The molecule has 2 aromatic carbocycles. The van der Waals surface area contributed by atoms with Gasteiger partial charge in [-0.2, -0.15) is 0 Å². The molecule has 0 spiro atoms. The zero-order valence-corrected chi connectivity index (χ0v) is 17.2. The number of nitrogens with zero attached hydrogens (tertiary/aromatic N) is 4. The SMILES string of the molecule is O=C(c1cccc(Oc2ccccc2)c1)N1CCN(Cc2cn3ccccc3n2)CC1. The summed E-state index contributed by atoms with van der Waals surface area (Å²) in [4.78, 5) is 22.0. The van der Waals surface area contributed by atoms with Crippen molar-refractivity contribution in [1.82, 2.24) is 19.2 Å². The van der Waals surface area contributed by atoms with E-state index in [0.29, 0.717) is 24.4 Å². The van der Waals surface area contributed by atoms with Crippen LogP contribution in [0.5, 0.6) is 11.5 Å². The van der Waals surface area contributed by atoms with Crippen LogP contribution in [0.15, 0.2) is 85.2 Å². The lowest BCUT2D eigenvalue weighted by Gasteiger charge is -2.34. The minimum absolute atomic E-state index is 0.0471. The van der Waals surface area contributed by atoms with Crippen LogP contribution in [-0.4, -0.2) is 51.3 Å². The molecule has 1 fully saturated rings. The molecule has 0 N–H and O–H groups in total. The molecule has 4 aromatic rings. The van der Waals surface area contributed by atoms with Crippen molar-refractivity contribution in [2.45, 2.75) is 6.54 Å². The first-order chi connectivity index (χ1) is 15.2. The van der Waals surface area contributed by atoms with E-state index < -0.39 is 0 Å². The Bertz CT molecular complexity index is 1150. The Morgan fingerprint density at radius 2 is 1.65 bits per heavy atom. The number of hydrogen-bond acceptors (Lipinski definition) is 4. The number of carbonyl (C=O) groups is 1. The molecule has 1 aliphatic heterocycles. The number of pyridine rings is 1. The van der Waals surface area contributed by atoms with E-state index in [4.69, 9.17) is 4.74 Å². The average molecular weight is 412 g/mol. The zero-order chi connectivity index (χ0) is 21.0. The first kappa shape index (κ1) is 19.3. The van der Waals surface area contributed by atoms with Crippen molar-refractivity contribution in [3.05, 3.63) is 96.4 Å². The molecule has 1 aliphatic rings. The van der Waals surface area contributed by atoms with E-state index in [1.807, 2.05) is 88.3 Å². The number of rotatable bonds is 5. The van der Waals surface area contributed by atoms with Crippen molar-refractivity contribution >= 4 is 11.6 Å². The van der Waals surface area contributed by atoms with Gasteiger partial charge in [0.1, 0.15) is 17.1 Å². The number of piperazine rings is 1. The molecule has 0 aliphatic carbocycles. The minimum Gasteiger partial charge on any atom is -0.457 e. The normalized spacial score (nSPS) is 14.6. The maximum atomic E-state index is 13.0. The standard InChI is InChI=1S/C25H24N4O2/c30-25(20-7-6-10-23(17-20)31-22-8-2-1-3-9-22)28-15-13-27(14-16-28)18-21-19-29-12-5-4-11-24(29)26-21/h1-12,17,19H,13-16,18H2. The smallest absolute Gasteiger partial charge is 0.254 e. The Morgan fingerprint density at radius 1 is 0.871 bits per heavy atom.